The van der Waals surface area contributed by atoms with Crippen molar-refractivity contribution in [1.82, 2.24) is 4.90 Å². The number of fused-ring (bicyclic) bond motifs is 2. The molecule has 2 aromatic carbocycles. The zero-order valence-electron chi connectivity index (χ0n) is 14.1. The van der Waals surface area contributed by atoms with Crippen molar-refractivity contribution in [2.24, 2.45) is 0 Å². The molecule has 0 spiro atoms. The van der Waals surface area contributed by atoms with Crippen LogP contribution in [-0.4, -0.2) is 30.1 Å². The molecule has 2 nitrogen and oxygen atoms in total. The van der Waals surface area contributed by atoms with Crippen LogP contribution in [0.2, 0.25) is 0 Å². The molecule has 2 saturated heterocycles. The Balaban J connectivity index is 1.58. The fourth-order valence-corrected chi connectivity index (χ4v) is 4.54. The van der Waals surface area contributed by atoms with Gasteiger partial charge in [-0.3, -0.25) is 0 Å². The lowest BCUT2D eigenvalue weighted by atomic mass is 9.97. The molecule has 2 fully saturated rings. The molecular formula is C21H24BrNO. The SMILES string of the molecule is CN1[C@@H]2CC[C@H]1CC(OC(c1ccccc1)c1ccc(Br)cc1)C2. The molecular weight excluding hydrogens is 362 g/mol. The van der Waals surface area contributed by atoms with Crippen LogP contribution in [0.25, 0.3) is 0 Å². The van der Waals surface area contributed by atoms with Crippen molar-refractivity contribution in [2.75, 3.05) is 7.05 Å². The summed E-state index contributed by atoms with van der Waals surface area (Å²) in [6, 6.07) is 20.6. The van der Waals surface area contributed by atoms with E-state index in [0.717, 1.165) is 17.3 Å². The van der Waals surface area contributed by atoms with Crippen LogP contribution in [0.3, 0.4) is 0 Å². The van der Waals surface area contributed by atoms with Crippen molar-refractivity contribution in [1.29, 1.82) is 0 Å². The summed E-state index contributed by atoms with van der Waals surface area (Å²) in [4.78, 5) is 2.57. The van der Waals surface area contributed by atoms with Crippen molar-refractivity contribution >= 4 is 15.9 Å². The summed E-state index contributed by atoms with van der Waals surface area (Å²) in [6.07, 6.45) is 5.35. The standard InChI is InChI=1S/C21H24BrNO/c1-23-18-11-12-19(23)14-20(13-18)24-21(15-5-3-2-4-6-15)16-7-9-17(22)10-8-16/h2-10,18-21H,11-14H2,1H3/t18-,19+,20?,21?. The number of nitrogens with zero attached hydrogens (tertiary/aromatic N) is 1. The summed E-state index contributed by atoms with van der Waals surface area (Å²) in [5.41, 5.74) is 2.47. The Bertz CT molecular complexity index is 658. The van der Waals surface area contributed by atoms with E-state index in [2.05, 4.69) is 82.5 Å². The van der Waals surface area contributed by atoms with Gasteiger partial charge in [0.25, 0.3) is 0 Å². The summed E-state index contributed by atoms with van der Waals surface area (Å²) in [6.45, 7) is 0. The Morgan fingerprint density at radius 2 is 1.50 bits per heavy atom. The highest BCUT2D eigenvalue weighted by molar-refractivity contribution is 9.10. The van der Waals surface area contributed by atoms with Crippen LogP contribution in [-0.2, 0) is 4.74 Å². The van der Waals surface area contributed by atoms with Crippen molar-refractivity contribution in [3.63, 3.8) is 0 Å². The minimum atomic E-state index is 0.0205. The number of benzene rings is 2. The Labute approximate surface area is 153 Å². The van der Waals surface area contributed by atoms with Gasteiger partial charge in [0.1, 0.15) is 6.10 Å². The number of hydrogen-bond acceptors (Lipinski definition) is 2. The smallest absolute Gasteiger partial charge is 0.108 e. The lowest BCUT2D eigenvalue weighted by molar-refractivity contribution is -0.0426. The molecule has 2 aliphatic rings. The van der Waals surface area contributed by atoms with Crippen LogP contribution in [0.5, 0.6) is 0 Å². The van der Waals surface area contributed by atoms with Crippen molar-refractivity contribution in [3.8, 4) is 0 Å². The van der Waals surface area contributed by atoms with Crippen LogP contribution >= 0.6 is 15.9 Å². The lowest BCUT2D eigenvalue weighted by Gasteiger charge is -2.38. The molecule has 4 rings (SSSR count). The minimum Gasteiger partial charge on any atom is -0.365 e. The van der Waals surface area contributed by atoms with Gasteiger partial charge in [0.2, 0.25) is 0 Å². The van der Waals surface area contributed by atoms with Gasteiger partial charge < -0.3 is 9.64 Å². The van der Waals surface area contributed by atoms with Crippen molar-refractivity contribution in [2.45, 2.75) is 50.0 Å². The molecule has 0 aromatic heterocycles. The number of hydrogen-bond donors (Lipinski definition) is 0. The van der Waals surface area contributed by atoms with Gasteiger partial charge >= 0.3 is 0 Å². The first-order valence-corrected chi connectivity index (χ1v) is 9.68. The first-order valence-electron chi connectivity index (χ1n) is 8.88. The van der Waals surface area contributed by atoms with Gasteiger partial charge in [-0.25, -0.2) is 0 Å². The predicted molar refractivity (Wildman–Crippen MR) is 101 cm³/mol. The molecule has 2 aromatic rings. The van der Waals surface area contributed by atoms with Gasteiger partial charge in [-0.2, -0.15) is 0 Å². The molecule has 3 heteroatoms. The zero-order valence-corrected chi connectivity index (χ0v) is 15.7. The van der Waals surface area contributed by atoms with Crippen molar-refractivity contribution < 1.29 is 4.74 Å². The van der Waals surface area contributed by atoms with Gasteiger partial charge in [0, 0.05) is 16.6 Å². The number of ether oxygens (including phenoxy) is 1. The molecule has 2 aliphatic heterocycles. The zero-order chi connectivity index (χ0) is 16.5. The molecule has 0 radical (unpaired) electrons. The molecule has 2 heterocycles. The molecule has 4 atom stereocenters. The fraction of sp³-hybridized carbons (Fsp3) is 0.429. The highest BCUT2D eigenvalue weighted by Gasteiger charge is 2.39. The van der Waals surface area contributed by atoms with E-state index >= 15 is 0 Å². The van der Waals surface area contributed by atoms with E-state index in [0.29, 0.717) is 18.2 Å². The highest BCUT2D eigenvalue weighted by atomic mass is 79.9. The second-order valence-electron chi connectivity index (χ2n) is 7.12. The second-order valence-corrected chi connectivity index (χ2v) is 8.04. The predicted octanol–water partition coefficient (Wildman–Crippen LogP) is 5.18. The first kappa shape index (κ1) is 16.3. The number of halogens is 1. The van der Waals surface area contributed by atoms with Crippen LogP contribution in [0.1, 0.15) is 42.9 Å². The normalized spacial score (nSPS) is 28.0. The molecule has 2 bridgehead atoms. The third-order valence-electron chi connectivity index (χ3n) is 5.66. The van der Waals surface area contributed by atoms with E-state index in [9.17, 15) is 0 Å². The minimum absolute atomic E-state index is 0.0205. The summed E-state index contributed by atoms with van der Waals surface area (Å²) in [7, 11) is 2.28. The number of piperidine rings is 1. The van der Waals surface area contributed by atoms with Gasteiger partial charge in [0.15, 0.2) is 0 Å². The monoisotopic (exact) mass is 385 g/mol. The Morgan fingerprint density at radius 1 is 0.917 bits per heavy atom. The van der Waals surface area contributed by atoms with Crippen LogP contribution < -0.4 is 0 Å². The maximum Gasteiger partial charge on any atom is 0.108 e. The average molecular weight is 386 g/mol. The Hall–Kier alpha value is -1.16. The van der Waals surface area contributed by atoms with E-state index in [4.69, 9.17) is 4.74 Å². The molecule has 126 valence electrons. The third-order valence-corrected chi connectivity index (χ3v) is 6.19. The topological polar surface area (TPSA) is 12.5 Å². The fourth-order valence-electron chi connectivity index (χ4n) is 4.28. The Morgan fingerprint density at radius 3 is 2.12 bits per heavy atom. The van der Waals surface area contributed by atoms with Gasteiger partial charge in [0.05, 0.1) is 6.10 Å². The van der Waals surface area contributed by atoms with Crippen molar-refractivity contribution in [3.05, 3.63) is 70.2 Å². The van der Waals surface area contributed by atoms with Gasteiger partial charge in [-0.05, 0) is 56.0 Å². The van der Waals surface area contributed by atoms with Crippen LogP contribution in [0.4, 0.5) is 0 Å². The highest BCUT2D eigenvalue weighted by Crippen LogP contribution is 2.38. The largest absolute Gasteiger partial charge is 0.365 e. The van der Waals surface area contributed by atoms with E-state index in [1.54, 1.807) is 0 Å². The maximum atomic E-state index is 6.69. The Kier molecular flexibility index (Phi) is 4.75. The van der Waals surface area contributed by atoms with Crippen LogP contribution in [0.15, 0.2) is 59.1 Å². The van der Waals surface area contributed by atoms with Gasteiger partial charge in [-0.15, -0.1) is 0 Å². The number of rotatable bonds is 4. The summed E-state index contributed by atoms with van der Waals surface area (Å²) in [5, 5.41) is 0. The quantitative estimate of drug-likeness (QED) is 0.718. The molecule has 24 heavy (non-hydrogen) atoms. The summed E-state index contributed by atoms with van der Waals surface area (Å²) in [5.74, 6) is 0. The summed E-state index contributed by atoms with van der Waals surface area (Å²) >= 11 is 3.53. The average Bonchev–Trinajstić information content (AvgIpc) is 2.83. The molecule has 0 amide bonds. The van der Waals surface area contributed by atoms with Gasteiger partial charge in [-0.1, -0.05) is 58.4 Å². The van der Waals surface area contributed by atoms with E-state index in [1.807, 2.05) is 0 Å². The molecule has 2 unspecified atom stereocenters. The van der Waals surface area contributed by atoms with E-state index in [-0.39, 0.29) is 6.10 Å². The van der Waals surface area contributed by atoms with Crippen LogP contribution in [0, 0.1) is 0 Å². The molecule has 0 aliphatic carbocycles. The second kappa shape index (κ2) is 6.99. The van der Waals surface area contributed by atoms with E-state index < -0.39 is 0 Å². The lowest BCUT2D eigenvalue weighted by Crippen LogP contribution is -2.43. The summed E-state index contributed by atoms with van der Waals surface area (Å²) < 4.78 is 7.80. The first-order chi connectivity index (χ1) is 11.7. The molecule has 0 N–H and O–H groups in total. The third kappa shape index (κ3) is 3.30. The maximum absolute atomic E-state index is 6.69. The van der Waals surface area contributed by atoms with E-state index in [1.165, 1.54) is 24.0 Å². The molecule has 0 saturated carbocycles.